The van der Waals surface area contributed by atoms with Crippen LogP contribution in [-0.4, -0.2) is 39.2 Å². The van der Waals surface area contributed by atoms with Gasteiger partial charge in [-0.1, -0.05) is 0 Å². The Morgan fingerprint density at radius 1 is 0.792 bits per heavy atom. The van der Waals surface area contributed by atoms with Crippen molar-refractivity contribution in [2.24, 2.45) is 0 Å². The topological polar surface area (TPSA) is 78.9 Å². The van der Waals surface area contributed by atoms with Crippen molar-refractivity contribution in [2.45, 2.75) is 12.8 Å². The van der Waals surface area contributed by atoms with Gasteiger partial charge < -0.3 is 14.2 Å². The molecule has 6 nitrogen and oxygen atoms in total. The smallest absolute Gasteiger partial charge is 0.313 e. The molecule has 1 aliphatic carbocycles. The Hall–Kier alpha value is -1.49. The summed E-state index contributed by atoms with van der Waals surface area (Å²) in [5, 5.41) is 0. The van der Waals surface area contributed by atoms with E-state index in [0.717, 1.165) is 0 Å². The molecule has 1 rings (SSSR count). The molecule has 1 saturated carbocycles. The Balaban J connectivity index is -0.000000817. The van der Waals surface area contributed by atoms with Gasteiger partial charge in [0.2, 0.25) is 0 Å². The SMILES string of the molecule is C=C.C=C.COC(=O)C[C]1[CH][C](C(=O)OC)[CH][C]1CC(=O)OC.[Rh]. The second kappa shape index (κ2) is 16.4. The predicted octanol–water partition coefficient (Wildman–Crippen LogP) is 2.03. The first-order valence-corrected chi connectivity index (χ1v) is 6.52. The molecule has 1 fully saturated rings. The number of rotatable bonds is 5. The minimum atomic E-state index is -0.526. The fraction of sp³-hybridized carbons (Fsp3) is 0.294. The third-order valence-corrected chi connectivity index (χ3v) is 2.62. The van der Waals surface area contributed by atoms with Crippen molar-refractivity contribution in [3.05, 3.63) is 56.9 Å². The molecule has 0 amide bonds. The van der Waals surface area contributed by atoms with Crippen LogP contribution in [0.25, 0.3) is 0 Å². The Kier molecular flexibility index (Phi) is 18.7. The van der Waals surface area contributed by atoms with Crippen LogP contribution in [0, 0.1) is 30.6 Å². The summed E-state index contributed by atoms with van der Waals surface area (Å²) in [6.07, 6.45) is 3.00. The number of esters is 3. The molecule has 136 valence electrons. The van der Waals surface area contributed by atoms with E-state index in [4.69, 9.17) is 0 Å². The van der Waals surface area contributed by atoms with E-state index in [0.29, 0.717) is 17.8 Å². The Morgan fingerprint density at radius 3 is 1.38 bits per heavy atom. The monoisotopic (exact) mass is 426 g/mol. The molecule has 0 N–H and O–H groups in total. The van der Waals surface area contributed by atoms with Gasteiger partial charge in [-0.25, -0.2) is 0 Å². The molecule has 0 atom stereocenters. The zero-order valence-corrected chi connectivity index (χ0v) is 15.8. The van der Waals surface area contributed by atoms with E-state index < -0.39 is 17.9 Å². The maximum absolute atomic E-state index is 11.4. The third kappa shape index (κ3) is 9.61. The molecule has 0 aromatic heterocycles. The first-order chi connectivity index (χ1) is 11.0. The maximum atomic E-state index is 11.4. The standard InChI is InChI=1S/C13H15O6.2C2H4.Rh/c1-17-11(14)6-8-4-10(13(16)19-3)5-9(8)7-12(15)18-2;2*1-2;/h4-5H,6-7H2,1-3H3;2*1-2H2;. The maximum Gasteiger partial charge on any atom is 0.313 e. The molecule has 0 aromatic rings. The molecule has 24 heavy (non-hydrogen) atoms. The quantitative estimate of drug-likeness (QED) is 0.290. The van der Waals surface area contributed by atoms with Crippen LogP contribution in [0.1, 0.15) is 12.8 Å². The molecule has 0 bridgehead atoms. The summed E-state index contributed by atoms with van der Waals surface area (Å²) >= 11 is 0. The summed E-state index contributed by atoms with van der Waals surface area (Å²) in [6, 6.07) is 0. The van der Waals surface area contributed by atoms with Crippen LogP contribution in [-0.2, 0) is 48.1 Å². The van der Waals surface area contributed by atoms with E-state index in [9.17, 15) is 14.4 Å². The largest absolute Gasteiger partial charge is 0.469 e. The number of carbonyl (C=O) groups excluding carboxylic acids is 3. The molecule has 7 heteroatoms. The summed E-state index contributed by atoms with van der Waals surface area (Å²) < 4.78 is 13.7. The number of hydrogen-bond donors (Lipinski definition) is 0. The zero-order chi connectivity index (χ0) is 18.4. The molecule has 1 aliphatic rings. The summed E-state index contributed by atoms with van der Waals surface area (Å²) in [7, 11) is 3.80. The van der Waals surface area contributed by atoms with Gasteiger partial charge in [0, 0.05) is 19.5 Å². The van der Waals surface area contributed by atoms with E-state index in [1.165, 1.54) is 34.2 Å². The number of carbonyl (C=O) groups is 3. The van der Waals surface area contributed by atoms with Crippen molar-refractivity contribution in [3.63, 3.8) is 0 Å². The molecule has 0 unspecified atom stereocenters. The average molecular weight is 426 g/mol. The van der Waals surface area contributed by atoms with Gasteiger partial charge in [0.25, 0.3) is 0 Å². The van der Waals surface area contributed by atoms with Gasteiger partial charge in [0.05, 0.1) is 40.1 Å². The summed E-state index contributed by atoms with van der Waals surface area (Å²) in [5.74, 6) is -0.0286. The molecule has 6 radical (unpaired) electrons. The van der Waals surface area contributed by atoms with Crippen LogP contribution in [0.3, 0.4) is 0 Å². The third-order valence-electron chi connectivity index (χ3n) is 2.62. The van der Waals surface area contributed by atoms with E-state index in [1.807, 2.05) is 0 Å². The van der Waals surface area contributed by atoms with E-state index in [1.54, 1.807) is 0 Å². The second-order valence-corrected chi connectivity index (χ2v) is 3.79. The number of ether oxygens (including phenoxy) is 3. The van der Waals surface area contributed by atoms with Crippen molar-refractivity contribution < 1.29 is 48.1 Å². The van der Waals surface area contributed by atoms with Crippen LogP contribution in [0.15, 0.2) is 26.3 Å². The van der Waals surface area contributed by atoms with E-state index in [-0.39, 0.29) is 32.3 Å². The molecule has 0 saturated heterocycles. The van der Waals surface area contributed by atoms with E-state index >= 15 is 0 Å². The van der Waals surface area contributed by atoms with Gasteiger partial charge in [-0.2, -0.15) is 0 Å². The van der Waals surface area contributed by atoms with Crippen LogP contribution in [0.2, 0.25) is 0 Å². The zero-order valence-electron chi connectivity index (χ0n) is 14.2. The molecular weight excluding hydrogens is 403 g/mol. The molecule has 0 spiro atoms. The van der Waals surface area contributed by atoms with Crippen LogP contribution >= 0.6 is 0 Å². The van der Waals surface area contributed by atoms with Crippen LogP contribution in [0.4, 0.5) is 0 Å². The van der Waals surface area contributed by atoms with Crippen LogP contribution < -0.4 is 0 Å². The summed E-state index contributed by atoms with van der Waals surface area (Å²) in [4.78, 5) is 34.0. The molecular formula is C17H23O6Rh. The Morgan fingerprint density at radius 2 is 1.12 bits per heavy atom. The van der Waals surface area contributed by atoms with Crippen molar-refractivity contribution >= 4 is 17.9 Å². The fourth-order valence-corrected chi connectivity index (χ4v) is 1.62. The second-order valence-electron chi connectivity index (χ2n) is 3.79. The predicted molar refractivity (Wildman–Crippen MR) is 86.1 cm³/mol. The van der Waals surface area contributed by atoms with Gasteiger partial charge in [0.15, 0.2) is 0 Å². The van der Waals surface area contributed by atoms with Gasteiger partial charge in [0.1, 0.15) is 0 Å². The van der Waals surface area contributed by atoms with Crippen molar-refractivity contribution in [3.8, 4) is 0 Å². The number of methoxy groups -OCH3 is 3. The van der Waals surface area contributed by atoms with Gasteiger partial charge in [-0.3, -0.25) is 14.4 Å². The Labute approximate surface area is 157 Å². The minimum Gasteiger partial charge on any atom is -0.469 e. The summed E-state index contributed by atoms with van der Waals surface area (Å²) in [6.45, 7) is 12.0. The van der Waals surface area contributed by atoms with Gasteiger partial charge in [-0.05, 0) is 24.7 Å². The molecule has 0 aliphatic heterocycles. The first kappa shape index (κ1) is 27.4. The number of hydrogen-bond acceptors (Lipinski definition) is 6. The van der Waals surface area contributed by atoms with Crippen molar-refractivity contribution in [1.82, 2.24) is 0 Å². The van der Waals surface area contributed by atoms with Crippen molar-refractivity contribution in [1.29, 1.82) is 0 Å². The summed E-state index contributed by atoms with van der Waals surface area (Å²) in [5.41, 5.74) is 0. The fourth-order valence-electron chi connectivity index (χ4n) is 1.62. The van der Waals surface area contributed by atoms with E-state index in [2.05, 4.69) is 40.5 Å². The first-order valence-electron chi connectivity index (χ1n) is 6.52. The van der Waals surface area contributed by atoms with Gasteiger partial charge in [-0.15, -0.1) is 26.3 Å². The Bertz CT molecular complexity index is 357. The van der Waals surface area contributed by atoms with Crippen molar-refractivity contribution in [2.75, 3.05) is 21.3 Å². The molecule has 0 aromatic carbocycles. The van der Waals surface area contributed by atoms with Crippen LogP contribution in [0.5, 0.6) is 0 Å². The molecule has 0 heterocycles. The minimum absolute atomic E-state index is 0. The average Bonchev–Trinajstić information content (AvgIpc) is 2.99. The normalized spacial score (nSPS) is 14.0. The van der Waals surface area contributed by atoms with Gasteiger partial charge >= 0.3 is 17.9 Å².